The van der Waals surface area contributed by atoms with Gasteiger partial charge >= 0.3 is 6.03 Å². The van der Waals surface area contributed by atoms with E-state index in [1.807, 2.05) is 42.5 Å². The summed E-state index contributed by atoms with van der Waals surface area (Å²) in [6, 6.07) is 23.1. The van der Waals surface area contributed by atoms with E-state index in [0.717, 1.165) is 11.3 Å². The minimum absolute atomic E-state index is 0.254. The highest BCUT2D eigenvalue weighted by Crippen LogP contribution is 2.16. The Morgan fingerprint density at radius 1 is 0.759 bits per heavy atom. The van der Waals surface area contributed by atoms with Crippen LogP contribution in [-0.2, 0) is 4.79 Å². The van der Waals surface area contributed by atoms with Gasteiger partial charge in [-0.15, -0.1) is 0 Å². The maximum Gasteiger partial charge on any atom is 0.323 e. The van der Waals surface area contributed by atoms with Crippen molar-refractivity contribution >= 4 is 35.1 Å². The first kappa shape index (κ1) is 19.7. The molecule has 3 amide bonds. The molecule has 0 spiro atoms. The van der Waals surface area contributed by atoms with Crippen molar-refractivity contribution in [2.45, 2.75) is 0 Å². The molecule has 0 aliphatic rings. The van der Waals surface area contributed by atoms with E-state index in [2.05, 4.69) is 16.0 Å². The van der Waals surface area contributed by atoms with E-state index in [9.17, 15) is 9.59 Å². The van der Waals surface area contributed by atoms with Crippen LogP contribution in [0.4, 0.5) is 21.9 Å². The van der Waals surface area contributed by atoms with E-state index < -0.39 is 0 Å². The van der Waals surface area contributed by atoms with Crippen LogP contribution in [0, 0.1) is 0 Å². The van der Waals surface area contributed by atoms with Gasteiger partial charge in [0.15, 0.2) is 0 Å². The maximum absolute atomic E-state index is 12.1. The summed E-state index contributed by atoms with van der Waals surface area (Å²) < 4.78 is 5.16. The van der Waals surface area contributed by atoms with Crippen LogP contribution in [-0.4, -0.2) is 19.0 Å². The summed E-state index contributed by atoms with van der Waals surface area (Å²) in [6.45, 7) is 0. The van der Waals surface area contributed by atoms with Crippen LogP contribution in [0.2, 0.25) is 0 Å². The summed E-state index contributed by atoms with van der Waals surface area (Å²) in [5, 5.41) is 8.26. The molecule has 3 aromatic rings. The lowest BCUT2D eigenvalue weighted by molar-refractivity contribution is -0.111. The van der Waals surface area contributed by atoms with Gasteiger partial charge in [0.1, 0.15) is 5.75 Å². The van der Waals surface area contributed by atoms with E-state index in [0.29, 0.717) is 17.1 Å². The van der Waals surface area contributed by atoms with Crippen LogP contribution in [0.3, 0.4) is 0 Å². The number of nitrogens with one attached hydrogen (secondary N) is 3. The summed E-state index contributed by atoms with van der Waals surface area (Å²) in [6.07, 6.45) is 3.16. The van der Waals surface area contributed by atoms with E-state index in [4.69, 9.17) is 4.74 Å². The molecule has 6 nitrogen and oxygen atoms in total. The molecule has 0 radical (unpaired) electrons. The number of hydrogen-bond acceptors (Lipinski definition) is 3. The number of rotatable bonds is 6. The number of amides is 3. The lowest BCUT2D eigenvalue weighted by atomic mass is 10.2. The van der Waals surface area contributed by atoms with Crippen LogP contribution < -0.4 is 20.7 Å². The van der Waals surface area contributed by atoms with Gasteiger partial charge in [-0.2, -0.15) is 0 Å². The van der Waals surface area contributed by atoms with Gasteiger partial charge in [-0.25, -0.2) is 4.79 Å². The van der Waals surface area contributed by atoms with Gasteiger partial charge in [0.05, 0.1) is 7.11 Å². The van der Waals surface area contributed by atoms with Crippen LogP contribution >= 0.6 is 0 Å². The first-order valence-electron chi connectivity index (χ1n) is 8.98. The molecule has 3 rings (SSSR count). The monoisotopic (exact) mass is 387 g/mol. The van der Waals surface area contributed by atoms with E-state index >= 15 is 0 Å². The zero-order chi connectivity index (χ0) is 20.5. The molecule has 0 heterocycles. The first-order chi connectivity index (χ1) is 14.1. The smallest absolute Gasteiger partial charge is 0.323 e. The van der Waals surface area contributed by atoms with Gasteiger partial charge < -0.3 is 20.7 Å². The summed E-state index contributed by atoms with van der Waals surface area (Å²) in [4.78, 5) is 24.1. The zero-order valence-electron chi connectivity index (χ0n) is 15.9. The van der Waals surface area contributed by atoms with Gasteiger partial charge in [0.2, 0.25) is 5.91 Å². The molecule has 3 aromatic carbocycles. The molecule has 29 heavy (non-hydrogen) atoms. The lowest BCUT2D eigenvalue weighted by Gasteiger charge is -2.08. The Bertz CT molecular complexity index is 999. The number of para-hydroxylation sites is 1. The Kier molecular flexibility index (Phi) is 6.62. The van der Waals surface area contributed by atoms with Crippen molar-refractivity contribution in [1.29, 1.82) is 0 Å². The standard InChI is InChI=1S/C23H21N3O3/c1-29-21-9-5-6-17(16-21)10-15-22(27)24-19-11-13-20(14-12-19)26-23(28)25-18-7-3-2-4-8-18/h2-16H,1H3,(H,24,27)(H2,25,26,28)/b15-10+. The van der Waals surface area contributed by atoms with Crippen molar-refractivity contribution in [3.8, 4) is 5.75 Å². The largest absolute Gasteiger partial charge is 0.497 e. The van der Waals surface area contributed by atoms with Crippen molar-refractivity contribution in [3.63, 3.8) is 0 Å². The predicted octanol–water partition coefficient (Wildman–Crippen LogP) is 4.99. The van der Waals surface area contributed by atoms with Crippen molar-refractivity contribution in [1.82, 2.24) is 0 Å². The molecule has 0 unspecified atom stereocenters. The Morgan fingerprint density at radius 2 is 1.38 bits per heavy atom. The number of urea groups is 1. The lowest BCUT2D eigenvalue weighted by Crippen LogP contribution is -2.19. The minimum atomic E-state index is -0.339. The highest BCUT2D eigenvalue weighted by Gasteiger charge is 2.03. The van der Waals surface area contributed by atoms with Gasteiger partial charge in [0, 0.05) is 23.1 Å². The number of methoxy groups -OCH3 is 1. The highest BCUT2D eigenvalue weighted by atomic mass is 16.5. The molecular weight excluding hydrogens is 366 g/mol. The molecule has 146 valence electrons. The van der Waals surface area contributed by atoms with Gasteiger partial charge in [-0.05, 0) is 60.2 Å². The average Bonchev–Trinajstić information content (AvgIpc) is 2.74. The number of carbonyl (C=O) groups is 2. The summed E-state index contributed by atoms with van der Waals surface area (Å²) in [5.74, 6) is 0.474. The number of anilines is 3. The van der Waals surface area contributed by atoms with Gasteiger partial charge in [0.25, 0.3) is 0 Å². The molecule has 0 aliphatic heterocycles. The maximum atomic E-state index is 12.1. The van der Waals surface area contributed by atoms with Crippen molar-refractivity contribution in [2.75, 3.05) is 23.1 Å². The van der Waals surface area contributed by atoms with Gasteiger partial charge in [-0.3, -0.25) is 4.79 Å². The van der Waals surface area contributed by atoms with Crippen LogP contribution in [0.5, 0.6) is 5.75 Å². The van der Waals surface area contributed by atoms with Gasteiger partial charge in [-0.1, -0.05) is 30.3 Å². The predicted molar refractivity (Wildman–Crippen MR) is 116 cm³/mol. The second-order valence-electron chi connectivity index (χ2n) is 6.12. The van der Waals surface area contributed by atoms with Crippen LogP contribution in [0.25, 0.3) is 6.08 Å². The third-order valence-corrected chi connectivity index (χ3v) is 3.96. The number of benzene rings is 3. The molecule has 3 N–H and O–H groups in total. The number of hydrogen-bond donors (Lipinski definition) is 3. The fourth-order valence-electron chi connectivity index (χ4n) is 2.55. The SMILES string of the molecule is COc1cccc(/C=C/C(=O)Nc2ccc(NC(=O)Nc3ccccc3)cc2)c1. The second kappa shape index (κ2) is 9.75. The molecule has 0 aliphatic carbocycles. The van der Waals surface area contributed by atoms with E-state index in [1.54, 1.807) is 49.6 Å². The molecule has 0 saturated heterocycles. The third kappa shape index (κ3) is 6.25. The second-order valence-corrected chi connectivity index (χ2v) is 6.12. The molecule has 0 saturated carbocycles. The molecule has 0 aromatic heterocycles. The normalized spacial score (nSPS) is 10.4. The Morgan fingerprint density at radius 3 is 2.03 bits per heavy atom. The zero-order valence-corrected chi connectivity index (χ0v) is 15.9. The van der Waals surface area contributed by atoms with Crippen molar-refractivity contribution in [3.05, 3.63) is 90.5 Å². The molecule has 0 atom stereocenters. The molecule has 6 heteroatoms. The fraction of sp³-hybridized carbons (Fsp3) is 0.0435. The summed E-state index contributed by atoms with van der Waals surface area (Å²) >= 11 is 0. The number of carbonyl (C=O) groups excluding carboxylic acids is 2. The topological polar surface area (TPSA) is 79.5 Å². The molecular formula is C23H21N3O3. The van der Waals surface area contributed by atoms with E-state index in [-0.39, 0.29) is 11.9 Å². The Hall–Kier alpha value is -4.06. The summed E-state index contributed by atoms with van der Waals surface area (Å²) in [7, 11) is 1.60. The first-order valence-corrected chi connectivity index (χ1v) is 8.98. The molecule has 0 fully saturated rings. The Labute approximate surface area is 169 Å². The van der Waals surface area contributed by atoms with Crippen LogP contribution in [0.1, 0.15) is 5.56 Å². The van der Waals surface area contributed by atoms with Crippen molar-refractivity contribution in [2.24, 2.45) is 0 Å². The van der Waals surface area contributed by atoms with Crippen molar-refractivity contribution < 1.29 is 14.3 Å². The molecule has 0 bridgehead atoms. The highest BCUT2D eigenvalue weighted by molar-refractivity contribution is 6.02. The average molecular weight is 387 g/mol. The van der Waals surface area contributed by atoms with E-state index in [1.165, 1.54) is 6.08 Å². The fourth-order valence-corrected chi connectivity index (χ4v) is 2.55. The quantitative estimate of drug-likeness (QED) is 0.521. The van der Waals surface area contributed by atoms with Crippen LogP contribution in [0.15, 0.2) is 84.9 Å². The summed E-state index contributed by atoms with van der Waals surface area (Å²) in [5.41, 5.74) is 2.81. The minimum Gasteiger partial charge on any atom is -0.497 e. The third-order valence-electron chi connectivity index (χ3n) is 3.96. The Balaban J connectivity index is 1.52. The number of ether oxygens (including phenoxy) is 1.